The molecule has 3 nitrogen and oxygen atoms in total. The van der Waals surface area contributed by atoms with E-state index in [9.17, 15) is 0 Å². The van der Waals surface area contributed by atoms with Crippen molar-refractivity contribution < 1.29 is 9.47 Å². The van der Waals surface area contributed by atoms with Gasteiger partial charge in [0.2, 0.25) is 0 Å². The highest BCUT2D eigenvalue weighted by molar-refractivity contribution is 5.37. The third-order valence-corrected chi connectivity index (χ3v) is 4.58. The molecule has 3 heteroatoms. The topological polar surface area (TPSA) is 44.5 Å². The molecule has 1 aliphatic heterocycles. The van der Waals surface area contributed by atoms with Crippen molar-refractivity contribution >= 4 is 0 Å². The number of rotatable bonds is 5. The maximum absolute atomic E-state index is 6.10. The molecule has 0 aromatic heterocycles. The van der Waals surface area contributed by atoms with Gasteiger partial charge in [0.1, 0.15) is 5.75 Å². The van der Waals surface area contributed by atoms with Crippen LogP contribution in [0.4, 0.5) is 0 Å². The van der Waals surface area contributed by atoms with Gasteiger partial charge in [-0.05, 0) is 37.5 Å². The Bertz CT molecular complexity index is 444. The first-order valence-electron chi connectivity index (χ1n) is 7.11. The highest BCUT2D eigenvalue weighted by atomic mass is 16.5. The molecule has 1 saturated carbocycles. The zero-order valence-corrected chi connectivity index (χ0v) is 11.8. The Kier molecular flexibility index (Phi) is 3.06. The Morgan fingerprint density at radius 3 is 2.32 bits per heavy atom. The van der Waals surface area contributed by atoms with Crippen LogP contribution in [0.15, 0.2) is 24.3 Å². The van der Waals surface area contributed by atoms with Crippen LogP contribution in [0.5, 0.6) is 5.75 Å². The molecule has 104 valence electrons. The lowest BCUT2D eigenvalue weighted by Crippen LogP contribution is -2.44. The third-order valence-electron chi connectivity index (χ3n) is 4.58. The minimum atomic E-state index is 0.197. The summed E-state index contributed by atoms with van der Waals surface area (Å²) in [4.78, 5) is 0. The van der Waals surface area contributed by atoms with Crippen molar-refractivity contribution in [1.29, 1.82) is 0 Å². The summed E-state index contributed by atoms with van der Waals surface area (Å²) in [5.41, 5.74) is 7.88. The second-order valence-corrected chi connectivity index (χ2v) is 6.56. The molecule has 2 N–H and O–H groups in total. The average molecular weight is 261 g/mol. The van der Waals surface area contributed by atoms with Crippen molar-refractivity contribution in [1.82, 2.24) is 0 Å². The van der Waals surface area contributed by atoms with Crippen molar-refractivity contribution in [3.63, 3.8) is 0 Å². The molecule has 2 fully saturated rings. The Hall–Kier alpha value is -1.06. The normalized spacial score (nSPS) is 24.4. The van der Waals surface area contributed by atoms with Crippen LogP contribution in [-0.4, -0.2) is 25.9 Å². The molecule has 1 saturated heterocycles. The van der Waals surface area contributed by atoms with Crippen molar-refractivity contribution in [2.45, 2.75) is 38.1 Å². The van der Waals surface area contributed by atoms with Gasteiger partial charge < -0.3 is 15.2 Å². The molecule has 2 aliphatic rings. The van der Waals surface area contributed by atoms with Gasteiger partial charge in [-0.1, -0.05) is 19.1 Å². The van der Waals surface area contributed by atoms with E-state index in [0.717, 1.165) is 25.6 Å². The zero-order valence-electron chi connectivity index (χ0n) is 11.8. The van der Waals surface area contributed by atoms with Gasteiger partial charge in [0.15, 0.2) is 0 Å². The van der Waals surface area contributed by atoms with Crippen molar-refractivity contribution in [3.05, 3.63) is 29.8 Å². The van der Waals surface area contributed by atoms with Gasteiger partial charge >= 0.3 is 0 Å². The summed E-state index contributed by atoms with van der Waals surface area (Å²) in [5.74, 6) is 0.942. The zero-order chi connectivity index (χ0) is 13.5. The first kappa shape index (κ1) is 12.9. The number of nitrogens with two attached hydrogens (primary N) is 1. The average Bonchev–Trinajstić information content (AvgIpc) is 3.16. The van der Waals surface area contributed by atoms with Crippen LogP contribution in [0.25, 0.3) is 0 Å². The molecule has 0 bridgehead atoms. The highest BCUT2D eigenvalue weighted by Gasteiger charge is 2.47. The smallest absolute Gasteiger partial charge is 0.119 e. The molecule has 0 radical (unpaired) electrons. The van der Waals surface area contributed by atoms with Gasteiger partial charge in [-0.15, -0.1) is 0 Å². The molecule has 3 rings (SSSR count). The molecule has 1 aromatic carbocycles. The SMILES string of the molecule is CC(N)C1(c2ccc(OCC3(C)COC3)cc2)CC1. The Morgan fingerprint density at radius 1 is 1.26 bits per heavy atom. The predicted octanol–water partition coefficient (Wildman–Crippen LogP) is 2.48. The minimum absolute atomic E-state index is 0.197. The molecular weight excluding hydrogens is 238 g/mol. The fourth-order valence-electron chi connectivity index (χ4n) is 2.82. The van der Waals surface area contributed by atoms with Crippen molar-refractivity contribution in [3.8, 4) is 5.75 Å². The summed E-state index contributed by atoms with van der Waals surface area (Å²) in [7, 11) is 0. The van der Waals surface area contributed by atoms with Gasteiger partial charge in [-0.3, -0.25) is 0 Å². The second kappa shape index (κ2) is 4.50. The minimum Gasteiger partial charge on any atom is -0.493 e. The molecule has 1 atom stereocenters. The molecule has 1 aliphatic carbocycles. The van der Waals surface area contributed by atoms with E-state index in [1.54, 1.807) is 0 Å². The van der Waals surface area contributed by atoms with Gasteiger partial charge in [0.25, 0.3) is 0 Å². The van der Waals surface area contributed by atoms with Crippen molar-refractivity contribution in [2.75, 3.05) is 19.8 Å². The van der Waals surface area contributed by atoms with Crippen molar-refractivity contribution in [2.24, 2.45) is 11.1 Å². The second-order valence-electron chi connectivity index (χ2n) is 6.56. The lowest BCUT2D eigenvalue weighted by atomic mass is 9.89. The molecular formula is C16H23NO2. The molecule has 1 unspecified atom stereocenters. The van der Waals surface area contributed by atoms with E-state index in [0.29, 0.717) is 0 Å². The van der Waals surface area contributed by atoms with Gasteiger partial charge in [0, 0.05) is 16.9 Å². The van der Waals surface area contributed by atoms with Gasteiger partial charge in [0.05, 0.1) is 19.8 Å². The van der Waals surface area contributed by atoms with E-state index in [-0.39, 0.29) is 16.9 Å². The molecule has 19 heavy (non-hydrogen) atoms. The number of hydrogen-bond acceptors (Lipinski definition) is 3. The highest BCUT2D eigenvalue weighted by Crippen LogP contribution is 2.50. The fraction of sp³-hybridized carbons (Fsp3) is 0.625. The summed E-state index contributed by atoms with van der Waals surface area (Å²) in [6.45, 7) is 6.64. The van der Waals surface area contributed by atoms with E-state index in [1.165, 1.54) is 18.4 Å². The van der Waals surface area contributed by atoms with E-state index >= 15 is 0 Å². The first-order valence-corrected chi connectivity index (χ1v) is 7.11. The van der Waals surface area contributed by atoms with E-state index in [4.69, 9.17) is 15.2 Å². The summed E-state index contributed by atoms with van der Waals surface area (Å²) in [6, 6.07) is 8.71. The predicted molar refractivity (Wildman–Crippen MR) is 75.4 cm³/mol. The summed E-state index contributed by atoms with van der Waals surface area (Å²) >= 11 is 0. The molecule has 1 heterocycles. The molecule has 0 amide bonds. The van der Waals surface area contributed by atoms with Gasteiger partial charge in [-0.2, -0.15) is 0 Å². The molecule has 0 spiro atoms. The van der Waals surface area contributed by atoms with Gasteiger partial charge in [-0.25, -0.2) is 0 Å². The van der Waals surface area contributed by atoms with E-state index < -0.39 is 0 Å². The first-order chi connectivity index (χ1) is 9.04. The largest absolute Gasteiger partial charge is 0.493 e. The Balaban J connectivity index is 1.63. The lowest BCUT2D eigenvalue weighted by molar-refractivity contribution is -0.120. The van der Waals surface area contributed by atoms with Crippen LogP contribution in [0, 0.1) is 5.41 Å². The summed E-state index contributed by atoms with van der Waals surface area (Å²) in [5, 5.41) is 0. The maximum atomic E-state index is 6.10. The van der Waals surface area contributed by atoms with E-state index in [1.807, 2.05) is 0 Å². The van der Waals surface area contributed by atoms with Crippen LogP contribution in [0.2, 0.25) is 0 Å². The summed E-state index contributed by atoms with van der Waals surface area (Å²) < 4.78 is 11.1. The number of hydrogen-bond donors (Lipinski definition) is 1. The van der Waals surface area contributed by atoms with Crippen LogP contribution in [0.1, 0.15) is 32.3 Å². The molecule has 1 aromatic rings. The number of ether oxygens (including phenoxy) is 2. The summed E-state index contributed by atoms with van der Waals surface area (Å²) in [6.07, 6.45) is 2.42. The van der Waals surface area contributed by atoms with Crippen LogP contribution in [0.3, 0.4) is 0 Å². The van der Waals surface area contributed by atoms with Crippen LogP contribution < -0.4 is 10.5 Å². The Labute approximate surface area is 115 Å². The van der Waals surface area contributed by atoms with Crippen LogP contribution >= 0.6 is 0 Å². The lowest BCUT2D eigenvalue weighted by Gasteiger charge is -2.37. The third kappa shape index (κ3) is 2.37. The quantitative estimate of drug-likeness (QED) is 0.885. The standard InChI is InChI=1S/C16H23NO2/c1-12(17)16(7-8-16)13-3-5-14(6-4-13)19-11-15(2)9-18-10-15/h3-6,12H,7-11,17H2,1-2H3. The fourth-order valence-corrected chi connectivity index (χ4v) is 2.82. The van der Waals surface area contributed by atoms with Crippen LogP contribution in [-0.2, 0) is 10.2 Å². The van der Waals surface area contributed by atoms with E-state index in [2.05, 4.69) is 38.1 Å². The number of benzene rings is 1. The maximum Gasteiger partial charge on any atom is 0.119 e. The Morgan fingerprint density at radius 2 is 1.89 bits per heavy atom. The monoisotopic (exact) mass is 261 g/mol.